The Morgan fingerprint density at radius 1 is 1.28 bits per heavy atom. The molecule has 18 heavy (non-hydrogen) atoms. The summed E-state index contributed by atoms with van der Waals surface area (Å²) in [6, 6.07) is 13.3. The van der Waals surface area contributed by atoms with E-state index in [4.69, 9.17) is 11.0 Å². The molecule has 4 heteroatoms. The van der Waals surface area contributed by atoms with Crippen LogP contribution in [0.3, 0.4) is 0 Å². The number of halogens is 1. The van der Waals surface area contributed by atoms with Gasteiger partial charge < -0.3 is 11.1 Å². The van der Waals surface area contributed by atoms with E-state index in [1.807, 2.05) is 31.2 Å². The lowest BCUT2D eigenvalue weighted by Crippen LogP contribution is -1.96. The highest BCUT2D eigenvalue weighted by molar-refractivity contribution is 9.10. The number of nitrogens with one attached hydrogen (secondary N) is 1. The van der Waals surface area contributed by atoms with E-state index in [9.17, 15) is 0 Å². The van der Waals surface area contributed by atoms with Crippen molar-refractivity contribution in [2.75, 3.05) is 11.1 Å². The Morgan fingerprint density at radius 3 is 2.78 bits per heavy atom. The molecule has 0 atom stereocenters. The maximum atomic E-state index is 8.94. The Balaban J connectivity index is 2.35. The van der Waals surface area contributed by atoms with Crippen molar-refractivity contribution in [1.82, 2.24) is 0 Å². The van der Waals surface area contributed by atoms with Gasteiger partial charge in [-0.2, -0.15) is 5.26 Å². The van der Waals surface area contributed by atoms with Crippen molar-refractivity contribution in [3.63, 3.8) is 0 Å². The van der Waals surface area contributed by atoms with Crippen molar-refractivity contribution in [3.05, 3.63) is 52.0 Å². The van der Waals surface area contributed by atoms with Crippen LogP contribution in [0.25, 0.3) is 0 Å². The van der Waals surface area contributed by atoms with Crippen LogP contribution < -0.4 is 11.1 Å². The second kappa shape index (κ2) is 5.11. The average Bonchev–Trinajstić information content (AvgIpc) is 2.37. The third kappa shape index (κ3) is 2.47. The van der Waals surface area contributed by atoms with Crippen LogP contribution in [0.5, 0.6) is 0 Å². The number of benzene rings is 2. The van der Waals surface area contributed by atoms with E-state index in [0.29, 0.717) is 11.3 Å². The molecule has 2 aromatic rings. The van der Waals surface area contributed by atoms with Crippen molar-refractivity contribution >= 4 is 33.0 Å². The number of anilines is 3. The molecular formula is C14H12BrN3. The normalized spacial score (nSPS) is 9.83. The van der Waals surface area contributed by atoms with Crippen LogP contribution in [0.2, 0.25) is 0 Å². The van der Waals surface area contributed by atoms with Gasteiger partial charge in [0, 0.05) is 21.5 Å². The topological polar surface area (TPSA) is 61.8 Å². The number of hydrogen-bond acceptors (Lipinski definition) is 3. The molecule has 0 fully saturated rings. The SMILES string of the molecule is Cc1c(Br)cccc1Nc1ccc(N)c(C#N)c1. The molecule has 0 aromatic heterocycles. The van der Waals surface area contributed by atoms with Crippen LogP contribution in [0.1, 0.15) is 11.1 Å². The first kappa shape index (κ1) is 12.5. The van der Waals surface area contributed by atoms with Crippen LogP contribution in [0, 0.1) is 18.3 Å². The van der Waals surface area contributed by atoms with Gasteiger partial charge in [-0.1, -0.05) is 22.0 Å². The number of nitriles is 1. The number of nitrogens with two attached hydrogens (primary N) is 1. The van der Waals surface area contributed by atoms with Gasteiger partial charge in [-0.15, -0.1) is 0 Å². The molecule has 0 aliphatic rings. The first-order chi connectivity index (χ1) is 8.61. The molecule has 0 saturated carbocycles. The summed E-state index contributed by atoms with van der Waals surface area (Å²) >= 11 is 3.49. The van der Waals surface area contributed by atoms with Gasteiger partial charge in [-0.3, -0.25) is 0 Å². The quantitative estimate of drug-likeness (QED) is 0.826. The lowest BCUT2D eigenvalue weighted by molar-refractivity contribution is 1.40. The lowest BCUT2D eigenvalue weighted by Gasteiger charge is -2.11. The summed E-state index contributed by atoms with van der Waals surface area (Å²) in [6.45, 7) is 2.02. The Kier molecular flexibility index (Phi) is 3.54. The zero-order valence-corrected chi connectivity index (χ0v) is 11.5. The molecule has 2 aromatic carbocycles. The molecule has 3 nitrogen and oxygen atoms in total. The third-order valence-corrected chi connectivity index (χ3v) is 3.58. The fourth-order valence-corrected chi connectivity index (χ4v) is 2.00. The van der Waals surface area contributed by atoms with E-state index in [-0.39, 0.29) is 0 Å². The molecular weight excluding hydrogens is 290 g/mol. The highest BCUT2D eigenvalue weighted by atomic mass is 79.9. The second-order valence-corrected chi connectivity index (χ2v) is 4.81. The molecule has 3 N–H and O–H groups in total. The Labute approximate surface area is 114 Å². The second-order valence-electron chi connectivity index (χ2n) is 3.95. The van der Waals surface area contributed by atoms with Crippen LogP contribution in [0.15, 0.2) is 40.9 Å². The standard InChI is InChI=1S/C14H12BrN3/c1-9-12(15)3-2-4-14(9)18-11-5-6-13(17)10(7-11)8-16/h2-7,18H,17H2,1H3. The minimum absolute atomic E-state index is 0.479. The van der Waals surface area contributed by atoms with Crippen molar-refractivity contribution in [1.29, 1.82) is 5.26 Å². The van der Waals surface area contributed by atoms with Gasteiger partial charge in [0.15, 0.2) is 0 Å². The van der Waals surface area contributed by atoms with Crippen LogP contribution >= 0.6 is 15.9 Å². The van der Waals surface area contributed by atoms with E-state index >= 15 is 0 Å². The maximum Gasteiger partial charge on any atom is 0.101 e. The van der Waals surface area contributed by atoms with Crippen molar-refractivity contribution in [3.8, 4) is 6.07 Å². The molecule has 90 valence electrons. The fourth-order valence-electron chi connectivity index (χ4n) is 1.63. The zero-order valence-electron chi connectivity index (χ0n) is 9.87. The summed E-state index contributed by atoms with van der Waals surface area (Å²) in [5.41, 5.74) is 9.63. The summed E-state index contributed by atoms with van der Waals surface area (Å²) < 4.78 is 1.04. The molecule has 0 heterocycles. The molecule has 0 amide bonds. The smallest absolute Gasteiger partial charge is 0.101 e. The molecule has 0 aliphatic carbocycles. The third-order valence-electron chi connectivity index (χ3n) is 2.72. The van der Waals surface area contributed by atoms with E-state index < -0.39 is 0 Å². The Hall–Kier alpha value is -1.99. The number of hydrogen-bond donors (Lipinski definition) is 2. The first-order valence-corrected chi connectivity index (χ1v) is 6.23. The van der Waals surface area contributed by atoms with Gasteiger partial charge in [0.25, 0.3) is 0 Å². The molecule has 0 radical (unpaired) electrons. The summed E-state index contributed by atoms with van der Waals surface area (Å²) in [7, 11) is 0. The molecule has 0 saturated heterocycles. The minimum atomic E-state index is 0.479. The summed E-state index contributed by atoms with van der Waals surface area (Å²) in [4.78, 5) is 0. The zero-order chi connectivity index (χ0) is 13.1. The van der Waals surface area contributed by atoms with Gasteiger partial charge in [0.1, 0.15) is 6.07 Å². The predicted molar refractivity (Wildman–Crippen MR) is 77.7 cm³/mol. The molecule has 0 aliphatic heterocycles. The molecule has 0 spiro atoms. The summed E-state index contributed by atoms with van der Waals surface area (Å²) in [6.07, 6.45) is 0. The van der Waals surface area contributed by atoms with Gasteiger partial charge in [0.05, 0.1) is 5.56 Å². The Morgan fingerprint density at radius 2 is 2.06 bits per heavy atom. The van der Waals surface area contributed by atoms with Crippen LogP contribution in [0.4, 0.5) is 17.1 Å². The monoisotopic (exact) mass is 301 g/mol. The van der Waals surface area contributed by atoms with Crippen molar-refractivity contribution in [2.45, 2.75) is 6.92 Å². The lowest BCUT2D eigenvalue weighted by atomic mass is 10.1. The number of nitrogens with zero attached hydrogens (tertiary/aromatic N) is 1. The van der Waals surface area contributed by atoms with E-state index in [1.165, 1.54) is 0 Å². The van der Waals surface area contributed by atoms with Gasteiger partial charge in [-0.25, -0.2) is 0 Å². The predicted octanol–water partition coefficient (Wildman–Crippen LogP) is 3.96. The summed E-state index contributed by atoms with van der Waals surface area (Å²) in [5.74, 6) is 0. The average molecular weight is 302 g/mol. The highest BCUT2D eigenvalue weighted by Crippen LogP contribution is 2.27. The Bertz CT molecular complexity index is 629. The van der Waals surface area contributed by atoms with Gasteiger partial charge in [-0.05, 0) is 42.8 Å². The fraction of sp³-hybridized carbons (Fsp3) is 0.0714. The molecule has 0 unspecified atom stereocenters. The molecule has 0 bridgehead atoms. The molecule has 2 rings (SSSR count). The van der Waals surface area contributed by atoms with Crippen molar-refractivity contribution < 1.29 is 0 Å². The van der Waals surface area contributed by atoms with E-state index in [0.717, 1.165) is 21.4 Å². The van der Waals surface area contributed by atoms with Crippen molar-refractivity contribution in [2.24, 2.45) is 0 Å². The largest absolute Gasteiger partial charge is 0.398 e. The number of nitrogen functional groups attached to an aromatic ring is 1. The van der Waals surface area contributed by atoms with E-state index in [2.05, 4.69) is 27.3 Å². The minimum Gasteiger partial charge on any atom is -0.398 e. The highest BCUT2D eigenvalue weighted by Gasteiger charge is 2.04. The van der Waals surface area contributed by atoms with Gasteiger partial charge >= 0.3 is 0 Å². The summed E-state index contributed by atoms with van der Waals surface area (Å²) in [5, 5.41) is 12.2. The first-order valence-electron chi connectivity index (χ1n) is 5.43. The number of rotatable bonds is 2. The van der Waals surface area contributed by atoms with Gasteiger partial charge in [0.2, 0.25) is 0 Å². The van der Waals surface area contributed by atoms with Crippen LogP contribution in [-0.4, -0.2) is 0 Å². The van der Waals surface area contributed by atoms with Crippen LogP contribution in [-0.2, 0) is 0 Å². The van der Waals surface area contributed by atoms with E-state index in [1.54, 1.807) is 12.1 Å². The maximum absolute atomic E-state index is 8.94.